The van der Waals surface area contributed by atoms with Gasteiger partial charge in [0.25, 0.3) is 5.91 Å². The van der Waals surface area contributed by atoms with Gasteiger partial charge >= 0.3 is 0 Å². The summed E-state index contributed by atoms with van der Waals surface area (Å²) in [4.78, 5) is 16.7. The lowest BCUT2D eigenvalue weighted by Gasteiger charge is -2.11. The van der Waals surface area contributed by atoms with E-state index in [0.29, 0.717) is 23.8 Å². The van der Waals surface area contributed by atoms with Crippen molar-refractivity contribution in [2.24, 2.45) is 7.05 Å². The first kappa shape index (κ1) is 15.0. The van der Waals surface area contributed by atoms with E-state index in [1.165, 1.54) is 0 Å². The highest BCUT2D eigenvalue weighted by Crippen LogP contribution is 2.17. The fraction of sp³-hybridized carbons (Fsp3) is 0.429. The Labute approximate surface area is 123 Å². The Morgan fingerprint density at radius 2 is 2.14 bits per heavy atom. The van der Waals surface area contributed by atoms with Crippen molar-refractivity contribution in [3.05, 3.63) is 35.5 Å². The van der Waals surface area contributed by atoms with Gasteiger partial charge in [-0.1, -0.05) is 13.8 Å². The molecule has 0 saturated heterocycles. The molecule has 7 heteroatoms. The second kappa shape index (κ2) is 6.34. The van der Waals surface area contributed by atoms with Crippen LogP contribution in [0.3, 0.4) is 0 Å². The molecule has 2 heterocycles. The fourth-order valence-corrected chi connectivity index (χ4v) is 1.84. The third kappa shape index (κ3) is 3.56. The van der Waals surface area contributed by atoms with Gasteiger partial charge in [0.05, 0.1) is 6.54 Å². The van der Waals surface area contributed by atoms with E-state index in [1.807, 2.05) is 27.0 Å². The van der Waals surface area contributed by atoms with E-state index in [9.17, 15) is 4.79 Å². The van der Waals surface area contributed by atoms with Crippen molar-refractivity contribution in [3.63, 3.8) is 0 Å². The summed E-state index contributed by atoms with van der Waals surface area (Å²) in [5.74, 6) is 1.49. The molecule has 2 aromatic rings. The minimum atomic E-state index is -0.154. The first-order valence-corrected chi connectivity index (χ1v) is 6.82. The first-order chi connectivity index (χ1) is 10.0. The van der Waals surface area contributed by atoms with Crippen LogP contribution in [0.2, 0.25) is 0 Å². The number of carbonyl (C=O) groups excluding carboxylic acids is 1. The number of rotatable bonds is 5. The number of nitrogens with one attached hydrogen (secondary N) is 2. The van der Waals surface area contributed by atoms with Gasteiger partial charge in [-0.2, -0.15) is 0 Å². The molecule has 2 rings (SSSR count). The number of hydrogen-bond acceptors (Lipinski definition) is 5. The normalized spacial score (nSPS) is 10.7. The summed E-state index contributed by atoms with van der Waals surface area (Å²) < 4.78 is 1.77. The number of pyridine rings is 1. The Morgan fingerprint density at radius 1 is 1.38 bits per heavy atom. The van der Waals surface area contributed by atoms with E-state index < -0.39 is 0 Å². The molecule has 0 atom stereocenters. The monoisotopic (exact) mass is 288 g/mol. The average molecular weight is 288 g/mol. The number of hydrogen-bond donors (Lipinski definition) is 2. The van der Waals surface area contributed by atoms with Crippen molar-refractivity contribution in [2.75, 3.05) is 12.4 Å². The number of nitrogens with zero attached hydrogens (tertiary/aromatic N) is 4. The highest BCUT2D eigenvalue weighted by Gasteiger charge is 2.12. The molecule has 0 aliphatic heterocycles. The van der Waals surface area contributed by atoms with Gasteiger partial charge in [-0.25, -0.2) is 4.98 Å². The topological polar surface area (TPSA) is 84.7 Å². The summed E-state index contributed by atoms with van der Waals surface area (Å²) in [6.45, 7) is 4.43. The van der Waals surface area contributed by atoms with Gasteiger partial charge in [-0.3, -0.25) is 4.79 Å². The van der Waals surface area contributed by atoms with Gasteiger partial charge in [0.2, 0.25) is 0 Å². The molecular formula is C14H20N6O. The van der Waals surface area contributed by atoms with Crippen molar-refractivity contribution in [3.8, 4) is 0 Å². The summed E-state index contributed by atoms with van der Waals surface area (Å²) >= 11 is 0. The summed E-state index contributed by atoms with van der Waals surface area (Å²) in [7, 11) is 3.62. The third-order valence-electron chi connectivity index (χ3n) is 3.17. The quantitative estimate of drug-likeness (QED) is 0.866. The molecule has 0 spiro atoms. The van der Waals surface area contributed by atoms with Gasteiger partial charge < -0.3 is 15.2 Å². The van der Waals surface area contributed by atoms with Crippen molar-refractivity contribution in [2.45, 2.75) is 26.3 Å². The lowest BCUT2D eigenvalue weighted by atomic mass is 10.1. The van der Waals surface area contributed by atoms with Gasteiger partial charge in [-0.05, 0) is 18.1 Å². The van der Waals surface area contributed by atoms with Crippen LogP contribution in [0.15, 0.2) is 18.5 Å². The molecule has 0 fully saturated rings. The van der Waals surface area contributed by atoms with E-state index >= 15 is 0 Å². The van der Waals surface area contributed by atoms with Crippen LogP contribution in [-0.2, 0) is 13.6 Å². The number of carbonyl (C=O) groups is 1. The zero-order valence-corrected chi connectivity index (χ0v) is 12.7. The van der Waals surface area contributed by atoms with E-state index in [4.69, 9.17) is 0 Å². The van der Waals surface area contributed by atoms with Gasteiger partial charge in [-0.15, -0.1) is 10.2 Å². The van der Waals surface area contributed by atoms with E-state index in [0.717, 1.165) is 5.69 Å². The Kier molecular flexibility index (Phi) is 4.52. The Balaban J connectivity index is 2.14. The number of aryl methyl sites for hydroxylation is 1. The van der Waals surface area contributed by atoms with Crippen LogP contribution in [0, 0.1) is 0 Å². The average Bonchev–Trinajstić information content (AvgIpc) is 2.89. The molecule has 2 N–H and O–H groups in total. The molecule has 0 aliphatic carbocycles. The van der Waals surface area contributed by atoms with Gasteiger partial charge in [0.15, 0.2) is 5.82 Å². The predicted molar refractivity (Wildman–Crippen MR) is 80.0 cm³/mol. The Morgan fingerprint density at radius 3 is 2.71 bits per heavy atom. The number of amides is 1. The Bertz CT molecular complexity index is 634. The maximum atomic E-state index is 12.3. The molecule has 21 heavy (non-hydrogen) atoms. The van der Waals surface area contributed by atoms with Crippen molar-refractivity contribution in [1.82, 2.24) is 25.1 Å². The molecule has 0 unspecified atom stereocenters. The zero-order chi connectivity index (χ0) is 15.4. The molecule has 0 radical (unpaired) electrons. The SMILES string of the molecule is CNc1cc(C(=O)NCc2nncn2C)cc(C(C)C)n1. The molecule has 0 saturated carbocycles. The maximum absolute atomic E-state index is 12.3. The lowest BCUT2D eigenvalue weighted by molar-refractivity contribution is 0.0949. The lowest BCUT2D eigenvalue weighted by Crippen LogP contribution is -2.25. The van der Waals surface area contributed by atoms with Gasteiger partial charge in [0.1, 0.15) is 12.1 Å². The Hall–Kier alpha value is -2.44. The standard InChI is InChI=1S/C14H20N6O/c1-9(2)11-5-10(6-12(15-3)18-11)14(21)16-7-13-19-17-8-20(13)4/h5-6,8-9H,7H2,1-4H3,(H,15,18)(H,16,21). The van der Waals surface area contributed by atoms with Crippen LogP contribution in [0.25, 0.3) is 0 Å². The second-order valence-corrected chi connectivity index (χ2v) is 5.11. The van der Waals surface area contributed by atoms with Gasteiger partial charge in [0, 0.05) is 25.4 Å². The van der Waals surface area contributed by atoms with Crippen LogP contribution in [0.1, 0.15) is 41.6 Å². The van der Waals surface area contributed by atoms with Crippen molar-refractivity contribution >= 4 is 11.7 Å². The molecule has 112 valence electrons. The smallest absolute Gasteiger partial charge is 0.251 e. The minimum Gasteiger partial charge on any atom is -0.373 e. The fourth-order valence-electron chi connectivity index (χ4n) is 1.84. The van der Waals surface area contributed by atoms with Crippen LogP contribution in [0.4, 0.5) is 5.82 Å². The highest BCUT2D eigenvalue weighted by molar-refractivity contribution is 5.94. The van der Waals surface area contributed by atoms with Crippen LogP contribution >= 0.6 is 0 Å². The molecule has 1 amide bonds. The molecule has 0 bridgehead atoms. The third-order valence-corrected chi connectivity index (χ3v) is 3.17. The summed E-state index contributed by atoms with van der Waals surface area (Å²) in [6, 6.07) is 3.55. The minimum absolute atomic E-state index is 0.154. The summed E-state index contributed by atoms with van der Waals surface area (Å²) in [5, 5.41) is 13.5. The first-order valence-electron chi connectivity index (χ1n) is 6.82. The molecule has 0 aliphatic rings. The maximum Gasteiger partial charge on any atom is 0.251 e. The number of aromatic nitrogens is 4. The van der Waals surface area contributed by atoms with E-state index in [1.54, 1.807) is 24.0 Å². The number of anilines is 1. The molecule has 0 aromatic carbocycles. The van der Waals surface area contributed by atoms with Crippen LogP contribution in [0.5, 0.6) is 0 Å². The predicted octanol–water partition coefficient (Wildman–Crippen LogP) is 1.31. The molecular weight excluding hydrogens is 268 g/mol. The summed E-state index contributed by atoms with van der Waals surface area (Å²) in [6.07, 6.45) is 1.60. The van der Waals surface area contributed by atoms with E-state index in [2.05, 4.69) is 25.8 Å². The van der Waals surface area contributed by atoms with Crippen molar-refractivity contribution in [1.29, 1.82) is 0 Å². The second-order valence-electron chi connectivity index (χ2n) is 5.11. The van der Waals surface area contributed by atoms with Crippen LogP contribution < -0.4 is 10.6 Å². The van der Waals surface area contributed by atoms with Crippen LogP contribution in [-0.4, -0.2) is 32.7 Å². The van der Waals surface area contributed by atoms with E-state index in [-0.39, 0.29) is 11.8 Å². The largest absolute Gasteiger partial charge is 0.373 e. The molecule has 7 nitrogen and oxygen atoms in total. The van der Waals surface area contributed by atoms with Crippen molar-refractivity contribution < 1.29 is 4.79 Å². The molecule has 2 aromatic heterocycles. The summed E-state index contributed by atoms with van der Waals surface area (Å²) in [5.41, 5.74) is 1.46. The zero-order valence-electron chi connectivity index (χ0n) is 12.7. The highest BCUT2D eigenvalue weighted by atomic mass is 16.1.